The van der Waals surface area contributed by atoms with E-state index in [2.05, 4.69) is 10.3 Å². The molecular formula is C11H14ClN3O. The first-order valence-corrected chi connectivity index (χ1v) is 5.72. The number of carbonyl (C=O) groups is 1. The van der Waals surface area contributed by atoms with Crippen LogP contribution < -0.4 is 11.1 Å². The van der Waals surface area contributed by atoms with Crippen molar-refractivity contribution in [2.45, 2.75) is 25.3 Å². The summed E-state index contributed by atoms with van der Waals surface area (Å²) < 4.78 is 0. The highest BCUT2D eigenvalue weighted by atomic mass is 35.5. The number of carbonyl (C=O) groups excluding carboxylic acids is 1. The Morgan fingerprint density at radius 1 is 1.50 bits per heavy atom. The van der Waals surface area contributed by atoms with Gasteiger partial charge in [-0.25, -0.2) is 4.98 Å². The van der Waals surface area contributed by atoms with Crippen LogP contribution in [0, 0.1) is 5.92 Å². The van der Waals surface area contributed by atoms with Crippen molar-refractivity contribution in [2.24, 2.45) is 11.7 Å². The van der Waals surface area contributed by atoms with Gasteiger partial charge >= 0.3 is 0 Å². The second-order valence-electron chi connectivity index (χ2n) is 4.10. The molecule has 1 aliphatic rings. The Hall–Kier alpha value is -1.13. The van der Waals surface area contributed by atoms with E-state index in [4.69, 9.17) is 17.3 Å². The molecule has 2 atom stereocenters. The molecule has 0 saturated heterocycles. The van der Waals surface area contributed by atoms with E-state index in [1.54, 1.807) is 18.2 Å². The summed E-state index contributed by atoms with van der Waals surface area (Å²) in [5.74, 6) is 0.497. The number of hydrogen-bond donors (Lipinski definition) is 2. The van der Waals surface area contributed by atoms with Crippen molar-refractivity contribution in [1.29, 1.82) is 0 Å². The number of amides is 1. The second-order valence-corrected chi connectivity index (χ2v) is 4.49. The van der Waals surface area contributed by atoms with E-state index in [1.807, 2.05) is 0 Å². The fraction of sp³-hybridized carbons (Fsp3) is 0.455. The number of hydrogen-bond acceptors (Lipinski definition) is 3. The van der Waals surface area contributed by atoms with Crippen LogP contribution in [0.1, 0.15) is 19.3 Å². The van der Waals surface area contributed by atoms with Crippen molar-refractivity contribution < 1.29 is 4.79 Å². The first-order valence-electron chi connectivity index (χ1n) is 5.34. The van der Waals surface area contributed by atoms with Gasteiger partial charge in [0, 0.05) is 12.0 Å². The molecule has 0 radical (unpaired) electrons. The third-order valence-electron chi connectivity index (χ3n) is 2.81. The fourth-order valence-corrected chi connectivity index (χ4v) is 2.12. The zero-order chi connectivity index (χ0) is 11.5. The van der Waals surface area contributed by atoms with Gasteiger partial charge in [0.15, 0.2) is 0 Å². The molecule has 1 amide bonds. The van der Waals surface area contributed by atoms with Crippen LogP contribution >= 0.6 is 11.6 Å². The molecule has 0 bridgehead atoms. The topological polar surface area (TPSA) is 68.0 Å². The van der Waals surface area contributed by atoms with Gasteiger partial charge in [-0.1, -0.05) is 17.7 Å². The largest absolute Gasteiger partial charge is 0.328 e. The molecule has 0 aliphatic heterocycles. The lowest BCUT2D eigenvalue weighted by atomic mass is 10.1. The summed E-state index contributed by atoms with van der Waals surface area (Å²) in [6.45, 7) is 0. The van der Waals surface area contributed by atoms with Crippen molar-refractivity contribution >= 4 is 23.3 Å². The highest BCUT2D eigenvalue weighted by Gasteiger charge is 2.27. The first kappa shape index (κ1) is 11.4. The predicted octanol–water partition coefficient (Wildman–Crippen LogP) is 1.80. The molecule has 16 heavy (non-hydrogen) atoms. The number of anilines is 1. The van der Waals surface area contributed by atoms with Crippen LogP contribution in [-0.4, -0.2) is 16.9 Å². The first-order chi connectivity index (χ1) is 7.65. The summed E-state index contributed by atoms with van der Waals surface area (Å²) in [6.07, 6.45) is 2.53. The summed E-state index contributed by atoms with van der Waals surface area (Å²) in [4.78, 5) is 15.8. The molecule has 1 aliphatic carbocycles. The van der Waals surface area contributed by atoms with Crippen LogP contribution in [0.5, 0.6) is 0 Å². The Morgan fingerprint density at radius 3 is 2.94 bits per heavy atom. The van der Waals surface area contributed by atoms with Crippen LogP contribution in [0.3, 0.4) is 0 Å². The van der Waals surface area contributed by atoms with Gasteiger partial charge in [-0.05, 0) is 31.4 Å². The number of nitrogens with zero attached hydrogens (tertiary/aromatic N) is 1. The molecule has 3 N–H and O–H groups in total. The molecule has 1 saturated carbocycles. The van der Waals surface area contributed by atoms with Crippen LogP contribution in [-0.2, 0) is 4.79 Å². The summed E-state index contributed by atoms with van der Waals surface area (Å²) in [7, 11) is 0. The van der Waals surface area contributed by atoms with Crippen LogP contribution in [0.15, 0.2) is 18.2 Å². The summed E-state index contributed by atoms with van der Waals surface area (Å²) in [5.41, 5.74) is 5.76. The van der Waals surface area contributed by atoms with Crippen molar-refractivity contribution in [3.63, 3.8) is 0 Å². The highest BCUT2D eigenvalue weighted by Crippen LogP contribution is 2.25. The zero-order valence-corrected chi connectivity index (χ0v) is 9.57. The number of nitrogens with one attached hydrogen (secondary N) is 1. The normalized spacial score (nSPS) is 24.4. The number of pyridine rings is 1. The summed E-state index contributed by atoms with van der Waals surface area (Å²) >= 11 is 5.73. The third kappa shape index (κ3) is 2.71. The highest BCUT2D eigenvalue weighted by molar-refractivity contribution is 6.29. The number of nitrogens with two attached hydrogens (primary N) is 1. The Labute approximate surface area is 99.2 Å². The minimum absolute atomic E-state index is 0.00998. The van der Waals surface area contributed by atoms with E-state index >= 15 is 0 Å². The Bertz CT molecular complexity index is 397. The van der Waals surface area contributed by atoms with Gasteiger partial charge in [0.25, 0.3) is 0 Å². The fourth-order valence-electron chi connectivity index (χ4n) is 1.96. The molecule has 0 aromatic carbocycles. The van der Waals surface area contributed by atoms with Crippen molar-refractivity contribution in [3.8, 4) is 0 Å². The van der Waals surface area contributed by atoms with Crippen molar-refractivity contribution in [3.05, 3.63) is 23.4 Å². The van der Waals surface area contributed by atoms with Gasteiger partial charge in [-0.2, -0.15) is 0 Å². The maximum Gasteiger partial charge on any atom is 0.228 e. The lowest BCUT2D eigenvalue weighted by Gasteiger charge is -2.09. The Balaban J connectivity index is 1.97. The monoisotopic (exact) mass is 239 g/mol. The molecule has 2 rings (SSSR count). The number of rotatable bonds is 2. The van der Waals surface area contributed by atoms with Crippen LogP contribution in [0.2, 0.25) is 5.15 Å². The van der Waals surface area contributed by atoms with Crippen LogP contribution in [0.25, 0.3) is 0 Å². The molecule has 5 heteroatoms. The average molecular weight is 240 g/mol. The lowest BCUT2D eigenvalue weighted by Crippen LogP contribution is -2.23. The smallest absolute Gasteiger partial charge is 0.228 e. The maximum absolute atomic E-state index is 11.8. The quantitative estimate of drug-likeness (QED) is 0.774. The molecular weight excluding hydrogens is 226 g/mol. The van der Waals surface area contributed by atoms with E-state index in [9.17, 15) is 4.79 Å². The molecule has 1 aromatic rings. The van der Waals surface area contributed by atoms with Crippen LogP contribution in [0.4, 0.5) is 5.82 Å². The second kappa shape index (κ2) is 4.80. The molecule has 1 heterocycles. The summed E-state index contributed by atoms with van der Waals surface area (Å²) in [5, 5.41) is 3.13. The Kier molecular flexibility index (Phi) is 3.41. The molecule has 1 aromatic heterocycles. The van der Waals surface area contributed by atoms with Gasteiger partial charge < -0.3 is 11.1 Å². The van der Waals surface area contributed by atoms with E-state index < -0.39 is 0 Å². The molecule has 4 nitrogen and oxygen atoms in total. The minimum atomic E-state index is -0.0114. The molecule has 0 spiro atoms. The standard InChI is InChI=1S/C11H14ClN3O/c12-9-2-1-3-10(14-9)15-11(16)7-4-5-8(13)6-7/h1-3,7-8H,4-6,13H2,(H,14,15,16). The SMILES string of the molecule is NC1CCC(C(=O)Nc2cccc(Cl)n2)C1. The lowest BCUT2D eigenvalue weighted by molar-refractivity contribution is -0.119. The van der Waals surface area contributed by atoms with Crippen molar-refractivity contribution in [1.82, 2.24) is 4.98 Å². The summed E-state index contributed by atoms with van der Waals surface area (Å²) in [6, 6.07) is 5.30. The van der Waals surface area contributed by atoms with Gasteiger partial charge in [0.05, 0.1) is 0 Å². The predicted molar refractivity (Wildman–Crippen MR) is 63.2 cm³/mol. The van der Waals surface area contributed by atoms with Gasteiger partial charge in [-0.15, -0.1) is 0 Å². The van der Waals surface area contributed by atoms with E-state index in [1.165, 1.54) is 0 Å². The number of halogens is 1. The van der Waals surface area contributed by atoms with E-state index in [0.717, 1.165) is 19.3 Å². The molecule has 2 unspecified atom stereocenters. The molecule has 1 fully saturated rings. The third-order valence-corrected chi connectivity index (χ3v) is 3.02. The van der Waals surface area contributed by atoms with E-state index in [0.29, 0.717) is 11.0 Å². The van der Waals surface area contributed by atoms with Gasteiger partial charge in [0.1, 0.15) is 11.0 Å². The Morgan fingerprint density at radius 2 is 2.31 bits per heavy atom. The average Bonchev–Trinajstić information content (AvgIpc) is 2.65. The van der Waals surface area contributed by atoms with Crippen molar-refractivity contribution in [2.75, 3.05) is 5.32 Å². The van der Waals surface area contributed by atoms with E-state index in [-0.39, 0.29) is 17.9 Å². The van der Waals surface area contributed by atoms with Gasteiger partial charge in [-0.3, -0.25) is 4.79 Å². The molecule has 86 valence electrons. The maximum atomic E-state index is 11.8. The minimum Gasteiger partial charge on any atom is -0.328 e. The number of aromatic nitrogens is 1. The van der Waals surface area contributed by atoms with Gasteiger partial charge in [0.2, 0.25) is 5.91 Å². The zero-order valence-electron chi connectivity index (χ0n) is 8.82.